The van der Waals surface area contributed by atoms with E-state index in [1.165, 1.54) is 38.5 Å². The third-order valence-corrected chi connectivity index (χ3v) is 4.10. The largest absolute Gasteiger partial charge is 0.376 e. The van der Waals surface area contributed by atoms with Crippen LogP contribution >= 0.6 is 24.0 Å². The summed E-state index contributed by atoms with van der Waals surface area (Å²) in [6.07, 6.45) is 7.99. The number of likely N-dealkylation sites (N-methyl/N-ethyl adjacent to an activating group) is 1. The number of aliphatic imine (C=N–C) groups is 1. The van der Waals surface area contributed by atoms with Crippen LogP contribution < -0.4 is 10.6 Å². The van der Waals surface area contributed by atoms with E-state index in [0.717, 1.165) is 12.5 Å². The minimum absolute atomic E-state index is 0. The summed E-state index contributed by atoms with van der Waals surface area (Å²) in [5, 5.41) is 6.21. The van der Waals surface area contributed by atoms with E-state index in [-0.39, 0.29) is 42.0 Å². The van der Waals surface area contributed by atoms with E-state index in [9.17, 15) is 4.79 Å². The van der Waals surface area contributed by atoms with Crippen molar-refractivity contribution in [3.8, 4) is 0 Å². The fraction of sp³-hybridized carbons (Fsp3) is 0.895. The molecule has 0 aromatic rings. The van der Waals surface area contributed by atoms with Gasteiger partial charge in [-0.25, -0.2) is 0 Å². The molecule has 1 amide bonds. The van der Waals surface area contributed by atoms with Crippen molar-refractivity contribution in [2.45, 2.75) is 77.9 Å². The topological polar surface area (TPSA) is 66.0 Å². The Kier molecular flexibility index (Phi) is 13.3. The molecule has 2 N–H and O–H groups in total. The fourth-order valence-electron chi connectivity index (χ4n) is 3.00. The number of carbonyl (C=O) groups excluding carboxylic acids is 1. The molecule has 154 valence electrons. The molecule has 0 bridgehead atoms. The van der Waals surface area contributed by atoms with Crippen LogP contribution in [0.3, 0.4) is 0 Å². The van der Waals surface area contributed by atoms with Crippen LogP contribution in [0.2, 0.25) is 0 Å². The standard InChI is InChI=1S/C19H38N4O2.HI/c1-6-20-18(23(5)15-17(24)22-19(2,3)4)21-13-14-25-16-11-9-7-8-10-12-16;/h16H,6-15H2,1-5H3,(H,20,21)(H,22,24);1H. The first-order valence-corrected chi connectivity index (χ1v) is 9.74. The van der Waals surface area contributed by atoms with Crippen LogP contribution in [0.4, 0.5) is 0 Å². The van der Waals surface area contributed by atoms with E-state index in [1.54, 1.807) is 0 Å². The average Bonchev–Trinajstić information content (AvgIpc) is 2.77. The van der Waals surface area contributed by atoms with Crippen molar-refractivity contribution < 1.29 is 9.53 Å². The molecule has 26 heavy (non-hydrogen) atoms. The van der Waals surface area contributed by atoms with Gasteiger partial charge in [-0.05, 0) is 40.5 Å². The highest BCUT2D eigenvalue weighted by molar-refractivity contribution is 14.0. The molecule has 0 saturated heterocycles. The van der Waals surface area contributed by atoms with Gasteiger partial charge in [0, 0.05) is 19.1 Å². The number of hydrogen-bond acceptors (Lipinski definition) is 3. The van der Waals surface area contributed by atoms with Crippen LogP contribution in [-0.2, 0) is 9.53 Å². The Hall–Kier alpha value is -0.570. The molecule has 7 heteroatoms. The molecule has 0 atom stereocenters. The molecule has 0 aromatic carbocycles. The highest BCUT2D eigenvalue weighted by Crippen LogP contribution is 2.19. The normalized spacial score (nSPS) is 16.4. The Balaban J connectivity index is 0.00000625. The average molecular weight is 482 g/mol. The van der Waals surface area contributed by atoms with Gasteiger partial charge in [-0.2, -0.15) is 0 Å². The van der Waals surface area contributed by atoms with Crippen LogP contribution in [-0.4, -0.2) is 61.7 Å². The number of amides is 1. The smallest absolute Gasteiger partial charge is 0.240 e. The lowest BCUT2D eigenvalue weighted by Gasteiger charge is -2.25. The minimum atomic E-state index is -0.222. The maximum atomic E-state index is 12.1. The zero-order valence-corrected chi connectivity index (χ0v) is 19.6. The molecule has 0 aliphatic heterocycles. The second-order valence-corrected chi connectivity index (χ2v) is 7.87. The lowest BCUT2D eigenvalue weighted by molar-refractivity contribution is -0.122. The lowest BCUT2D eigenvalue weighted by atomic mass is 10.1. The molecule has 0 spiro atoms. The zero-order chi connectivity index (χ0) is 18.7. The van der Waals surface area contributed by atoms with Crippen molar-refractivity contribution >= 4 is 35.8 Å². The molecule has 0 radical (unpaired) electrons. The van der Waals surface area contributed by atoms with Gasteiger partial charge in [-0.1, -0.05) is 25.7 Å². The Labute approximate surface area is 176 Å². The van der Waals surface area contributed by atoms with Crippen LogP contribution in [0.15, 0.2) is 4.99 Å². The third kappa shape index (κ3) is 11.9. The molecule has 0 heterocycles. The summed E-state index contributed by atoms with van der Waals surface area (Å²) >= 11 is 0. The molecule has 1 aliphatic rings. The van der Waals surface area contributed by atoms with Crippen molar-refractivity contribution in [3.05, 3.63) is 0 Å². The van der Waals surface area contributed by atoms with Gasteiger partial charge < -0.3 is 20.3 Å². The van der Waals surface area contributed by atoms with Gasteiger partial charge in [0.15, 0.2) is 5.96 Å². The van der Waals surface area contributed by atoms with Crippen molar-refractivity contribution in [1.82, 2.24) is 15.5 Å². The molecule has 1 rings (SSSR count). The number of nitrogens with zero attached hydrogens (tertiary/aromatic N) is 2. The van der Waals surface area contributed by atoms with Gasteiger partial charge in [0.25, 0.3) is 0 Å². The second-order valence-electron chi connectivity index (χ2n) is 7.87. The predicted molar refractivity (Wildman–Crippen MR) is 119 cm³/mol. The highest BCUT2D eigenvalue weighted by Gasteiger charge is 2.17. The maximum absolute atomic E-state index is 12.1. The monoisotopic (exact) mass is 482 g/mol. The number of halogens is 1. The molecule has 1 fully saturated rings. The first kappa shape index (κ1) is 25.4. The predicted octanol–water partition coefficient (Wildman–Crippen LogP) is 3.16. The summed E-state index contributed by atoms with van der Waals surface area (Å²) in [6, 6.07) is 0. The van der Waals surface area contributed by atoms with Gasteiger partial charge in [0.1, 0.15) is 0 Å². The van der Waals surface area contributed by atoms with Gasteiger partial charge in [0.2, 0.25) is 5.91 Å². The SMILES string of the molecule is CCNC(=NCCOC1CCCCCC1)N(C)CC(=O)NC(C)(C)C.I. The van der Waals surface area contributed by atoms with Crippen molar-refractivity contribution in [2.75, 3.05) is 33.3 Å². The quantitative estimate of drug-likeness (QED) is 0.192. The minimum Gasteiger partial charge on any atom is -0.376 e. The molecular weight excluding hydrogens is 443 g/mol. The molecule has 0 aromatic heterocycles. The number of rotatable bonds is 7. The van der Waals surface area contributed by atoms with Crippen LogP contribution in [0.1, 0.15) is 66.2 Å². The Morgan fingerprint density at radius 1 is 1.19 bits per heavy atom. The van der Waals surface area contributed by atoms with E-state index >= 15 is 0 Å². The maximum Gasteiger partial charge on any atom is 0.240 e. The van der Waals surface area contributed by atoms with Gasteiger partial charge >= 0.3 is 0 Å². The highest BCUT2D eigenvalue weighted by atomic mass is 127. The van der Waals surface area contributed by atoms with Crippen LogP contribution in [0.5, 0.6) is 0 Å². The van der Waals surface area contributed by atoms with E-state index in [2.05, 4.69) is 15.6 Å². The molecule has 1 saturated carbocycles. The number of guanidine groups is 1. The summed E-state index contributed by atoms with van der Waals surface area (Å²) in [7, 11) is 1.88. The van der Waals surface area contributed by atoms with Crippen molar-refractivity contribution in [3.63, 3.8) is 0 Å². The molecule has 1 aliphatic carbocycles. The molecule has 6 nitrogen and oxygen atoms in total. The number of hydrogen-bond donors (Lipinski definition) is 2. The van der Waals surface area contributed by atoms with Gasteiger partial charge in [-0.3, -0.25) is 9.79 Å². The summed E-state index contributed by atoms with van der Waals surface area (Å²) in [6.45, 7) is 10.3. The number of ether oxygens (including phenoxy) is 1. The van der Waals surface area contributed by atoms with Crippen LogP contribution in [0, 0.1) is 0 Å². The summed E-state index contributed by atoms with van der Waals surface area (Å²) in [5.41, 5.74) is -0.222. The van der Waals surface area contributed by atoms with E-state index < -0.39 is 0 Å². The lowest BCUT2D eigenvalue weighted by Crippen LogP contribution is -2.48. The van der Waals surface area contributed by atoms with Crippen LogP contribution in [0.25, 0.3) is 0 Å². The summed E-state index contributed by atoms with van der Waals surface area (Å²) < 4.78 is 5.99. The molecule has 0 unspecified atom stereocenters. The second kappa shape index (κ2) is 13.6. The summed E-state index contributed by atoms with van der Waals surface area (Å²) in [4.78, 5) is 18.5. The number of carbonyl (C=O) groups is 1. The molecular formula is C19H39IN4O2. The van der Waals surface area contributed by atoms with E-state index in [0.29, 0.717) is 19.3 Å². The summed E-state index contributed by atoms with van der Waals surface area (Å²) in [5.74, 6) is 0.742. The Bertz CT molecular complexity index is 416. The fourth-order valence-corrected chi connectivity index (χ4v) is 3.00. The first-order valence-electron chi connectivity index (χ1n) is 9.74. The number of nitrogens with one attached hydrogen (secondary N) is 2. The van der Waals surface area contributed by atoms with E-state index in [1.807, 2.05) is 39.6 Å². The van der Waals surface area contributed by atoms with Gasteiger partial charge in [-0.15, -0.1) is 24.0 Å². The van der Waals surface area contributed by atoms with Crippen molar-refractivity contribution in [1.29, 1.82) is 0 Å². The first-order chi connectivity index (χ1) is 11.8. The van der Waals surface area contributed by atoms with Gasteiger partial charge in [0.05, 0.1) is 25.8 Å². The Morgan fingerprint density at radius 3 is 2.35 bits per heavy atom. The third-order valence-electron chi connectivity index (χ3n) is 4.10. The van der Waals surface area contributed by atoms with E-state index in [4.69, 9.17) is 4.74 Å². The van der Waals surface area contributed by atoms with Crippen molar-refractivity contribution in [2.24, 2.45) is 4.99 Å². The zero-order valence-electron chi connectivity index (χ0n) is 17.3. The Morgan fingerprint density at radius 2 is 1.81 bits per heavy atom.